The van der Waals surface area contributed by atoms with Gasteiger partial charge in [0, 0.05) is 19.0 Å². The molecule has 0 spiro atoms. The Labute approximate surface area is 161 Å². The van der Waals surface area contributed by atoms with E-state index < -0.39 is 0 Å². The number of hydrogen-bond donors (Lipinski definition) is 1. The van der Waals surface area contributed by atoms with Gasteiger partial charge in [-0.25, -0.2) is 4.39 Å². The fraction of sp³-hybridized carbons (Fsp3) is 0.381. The minimum Gasteiger partial charge on any atom is -0.338 e. The van der Waals surface area contributed by atoms with Crippen LogP contribution in [0.4, 0.5) is 4.39 Å². The molecule has 26 heavy (non-hydrogen) atoms. The van der Waals surface area contributed by atoms with E-state index in [0.29, 0.717) is 38.0 Å². The highest BCUT2D eigenvalue weighted by Gasteiger charge is 2.20. The van der Waals surface area contributed by atoms with Gasteiger partial charge in [-0.1, -0.05) is 55.5 Å². The summed E-state index contributed by atoms with van der Waals surface area (Å²) in [6.45, 7) is 3.71. The number of carbonyl (C=O) groups is 1. The summed E-state index contributed by atoms with van der Waals surface area (Å²) in [5.41, 5.74) is 7.39. The topological polar surface area (TPSA) is 46.3 Å². The molecule has 0 aliphatic rings. The molecule has 0 bridgehead atoms. The van der Waals surface area contributed by atoms with Crippen molar-refractivity contribution in [2.75, 3.05) is 13.1 Å². The van der Waals surface area contributed by atoms with Crippen LogP contribution in [0.25, 0.3) is 0 Å². The first-order valence-corrected chi connectivity index (χ1v) is 8.88. The van der Waals surface area contributed by atoms with Gasteiger partial charge in [0.1, 0.15) is 5.82 Å². The van der Waals surface area contributed by atoms with Crippen LogP contribution in [0.1, 0.15) is 30.9 Å². The minimum atomic E-state index is -0.202. The molecule has 3 nitrogen and oxygen atoms in total. The fourth-order valence-corrected chi connectivity index (χ4v) is 2.86. The van der Waals surface area contributed by atoms with Crippen LogP contribution in [-0.4, -0.2) is 23.9 Å². The van der Waals surface area contributed by atoms with E-state index in [4.69, 9.17) is 5.73 Å². The molecule has 0 aromatic heterocycles. The third-order valence-corrected chi connectivity index (χ3v) is 4.39. The van der Waals surface area contributed by atoms with Crippen molar-refractivity contribution in [3.8, 4) is 0 Å². The number of amides is 1. The summed E-state index contributed by atoms with van der Waals surface area (Å²) < 4.78 is 13.7. The fourth-order valence-electron chi connectivity index (χ4n) is 2.86. The van der Waals surface area contributed by atoms with E-state index in [9.17, 15) is 9.18 Å². The lowest BCUT2D eigenvalue weighted by Crippen LogP contribution is -2.36. The molecule has 2 rings (SSSR count). The molecule has 2 N–H and O–H groups in total. The van der Waals surface area contributed by atoms with Crippen molar-refractivity contribution >= 4 is 18.3 Å². The number of carbonyl (C=O) groups excluding carboxylic acids is 1. The van der Waals surface area contributed by atoms with E-state index in [-0.39, 0.29) is 30.0 Å². The molecule has 0 saturated carbocycles. The molecule has 0 radical (unpaired) electrons. The molecule has 0 aliphatic carbocycles. The Bertz CT molecular complexity index is 666. The normalized spacial score (nSPS) is 11.5. The molecule has 0 aliphatic heterocycles. The molecular formula is C21H28ClFN2O. The Kier molecular flexibility index (Phi) is 9.92. The van der Waals surface area contributed by atoms with Crippen molar-refractivity contribution in [2.24, 2.45) is 11.7 Å². The zero-order chi connectivity index (χ0) is 18.1. The molecule has 142 valence electrons. The number of nitrogens with two attached hydrogens (primary N) is 1. The van der Waals surface area contributed by atoms with Crippen molar-refractivity contribution in [1.29, 1.82) is 0 Å². The van der Waals surface area contributed by atoms with Crippen molar-refractivity contribution < 1.29 is 9.18 Å². The lowest BCUT2D eigenvalue weighted by molar-refractivity contribution is -0.135. The summed E-state index contributed by atoms with van der Waals surface area (Å²) in [5, 5.41) is 0. The zero-order valence-electron chi connectivity index (χ0n) is 15.2. The van der Waals surface area contributed by atoms with E-state index in [1.54, 1.807) is 12.1 Å². The first kappa shape index (κ1) is 22.1. The van der Waals surface area contributed by atoms with Crippen LogP contribution >= 0.6 is 12.4 Å². The first-order valence-electron chi connectivity index (χ1n) is 8.88. The van der Waals surface area contributed by atoms with Gasteiger partial charge in [0.25, 0.3) is 0 Å². The number of rotatable bonds is 9. The van der Waals surface area contributed by atoms with Crippen molar-refractivity contribution in [1.82, 2.24) is 4.90 Å². The van der Waals surface area contributed by atoms with E-state index >= 15 is 0 Å². The van der Waals surface area contributed by atoms with Crippen LogP contribution in [-0.2, 0) is 17.8 Å². The maximum absolute atomic E-state index is 13.7. The van der Waals surface area contributed by atoms with Crippen LogP contribution in [0, 0.1) is 11.7 Å². The average molecular weight is 379 g/mol. The molecule has 1 unspecified atom stereocenters. The van der Waals surface area contributed by atoms with E-state index in [1.807, 2.05) is 48.2 Å². The highest BCUT2D eigenvalue weighted by molar-refractivity contribution is 5.85. The van der Waals surface area contributed by atoms with Crippen LogP contribution in [0.2, 0.25) is 0 Å². The standard InChI is InChI=1S/C21H27FN2O.ClH/c1-17(12-13-19-10-5-6-11-20(19)22)21(25)24(15-7-14-23)16-18-8-3-2-4-9-18;/h2-6,8-11,17H,7,12-16,23H2,1H3;1H. The first-order chi connectivity index (χ1) is 12.1. The Morgan fingerprint density at radius 3 is 2.42 bits per heavy atom. The van der Waals surface area contributed by atoms with Crippen LogP contribution in [0.5, 0.6) is 0 Å². The second-order valence-electron chi connectivity index (χ2n) is 6.42. The summed E-state index contributed by atoms with van der Waals surface area (Å²) in [5.74, 6) is -0.249. The number of aryl methyl sites for hydroxylation is 1. The van der Waals surface area contributed by atoms with Gasteiger partial charge in [0.2, 0.25) is 5.91 Å². The number of halogens is 2. The number of benzene rings is 2. The molecule has 0 heterocycles. The predicted octanol–water partition coefficient (Wildman–Crippen LogP) is 4.19. The highest BCUT2D eigenvalue weighted by atomic mass is 35.5. The Balaban J connectivity index is 0.00000338. The van der Waals surface area contributed by atoms with E-state index in [0.717, 1.165) is 12.0 Å². The Morgan fingerprint density at radius 1 is 1.12 bits per heavy atom. The van der Waals surface area contributed by atoms with Gasteiger partial charge in [-0.3, -0.25) is 4.79 Å². The second kappa shape index (κ2) is 11.7. The van der Waals surface area contributed by atoms with Crippen molar-refractivity contribution in [3.63, 3.8) is 0 Å². The molecule has 1 amide bonds. The Morgan fingerprint density at radius 2 is 1.77 bits per heavy atom. The summed E-state index contributed by atoms with van der Waals surface area (Å²) in [7, 11) is 0. The largest absolute Gasteiger partial charge is 0.338 e. The third kappa shape index (κ3) is 6.77. The quantitative estimate of drug-likeness (QED) is 0.711. The van der Waals surface area contributed by atoms with Gasteiger partial charge in [0.15, 0.2) is 0 Å². The van der Waals surface area contributed by atoms with Gasteiger partial charge in [0.05, 0.1) is 0 Å². The van der Waals surface area contributed by atoms with Crippen LogP contribution in [0.3, 0.4) is 0 Å². The van der Waals surface area contributed by atoms with Crippen molar-refractivity contribution in [3.05, 3.63) is 71.5 Å². The van der Waals surface area contributed by atoms with Crippen molar-refractivity contribution in [2.45, 2.75) is 32.7 Å². The SMILES string of the molecule is CC(CCc1ccccc1F)C(=O)N(CCCN)Cc1ccccc1.Cl. The van der Waals surface area contributed by atoms with Crippen LogP contribution < -0.4 is 5.73 Å². The molecule has 0 fully saturated rings. The number of hydrogen-bond acceptors (Lipinski definition) is 2. The molecule has 2 aromatic rings. The average Bonchev–Trinajstić information content (AvgIpc) is 2.64. The van der Waals surface area contributed by atoms with Gasteiger partial charge in [-0.05, 0) is 43.0 Å². The van der Waals surface area contributed by atoms with Gasteiger partial charge < -0.3 is 10.6 Å². The van der Waals surface area contributed by atoms with E-state index in [1.165, 1.54) is 6.07 Å². The minimum absolute atomic E-state index is 0. The molecule has 5 heteroatoms. The lowest BCUT2D eigenvalue weighted by Gasteiger charge is -2.26. The van der Waals surface area contributed by atoms with Gasteiger partial charge in [-0.15, -0.1) is 12.4 Å². The molecule has 2 aromatic carbocycles. The number of nitrogens with zero attached hydrogens (tertiary/aromatic N) is 1. The van der Waals surface area contributed by atoms with Crippen LogP contribution in [0.15, 0.2) is 54.6 Å². The Hall–Kier alpha value is -1.91. The molecule has 0 saturated heterocycles. The smallest absolute Gasteiger partial charge is 0.225 e. The summed E-state index contributed by atoms with van der Waals surface area (Å²) >= 11 is 0. The van der Waals surface area contributed by atoms with Gasteiger partial charge in [-0.2, -0.15) is 0 Å². The predicted molar refractivity (Wildman–Crippen MR) is 107 cm³/mol. The lowest BCUT2D eigenvalue weighted by atomic mass is 9.99. The maximum atomic E-state index is 13.7. The monoisotopic (exact) mass is 378 g/mol. The second-order valence-corrected chi connectivity index (χ2v) is 6.42. The summed E-state index contributed by atoms with van der Waals surface area (Å²) in [6.07, 6.45) is 1.97. The maximum Gasteiger partial charge on any atom is 0.225 e. The summed E-state index contributed by atoms with van der Waals surface area (Å²) in [6, 6.07) is 16.7. The highest BCUT2D eigenvalue weighted by Crippen LogP contribution is 2.16. The zero-order valence-corrected chi connectivity index (χ0v) is 16.1. The summed E-state index contributed by atoms with van der Waals surface area (Å²) in [4.78, 5) is 14.7. The molecular weight excluding hydrogens is 351 g/mol. The third-order valence-electron chi connectivity index (χ3n) is 4.39. The molecule has 1 atom stereocenters. The van der Waals surface area contributed by atoms with E-state index in [2.05, 4.69) is 0 Å². The van der Waals surface area contributed by atoms with Gasteiger partial charge >= 0.3 is 0 Å².